The fourth-order valence-electron chi connectivity index (χ4n) is 2.55. The van der Waals surface area contributed by atoms with E-state index in [1.165, 1.54) is 0 Å². The summed E-state index contributed by atoms with van der Waals surface area (Å²) in [5.74, 6) is 0.715. The Bertz CT molecular complexity index is 774. The van der Waals surface area contributed by atoms with Crippen LogP contribution in [-0.2, 0) is 13.0 Å². The average Bonchev–Trinajstić information content (AvgIpc) is 2.61. The summed E-state index contributed by atoms with van der Waals surface area (Å²) in [4.78, 5) is 4.35. The molecular weight excluding hydrogens is 290 g/mol. The summed E-state index contributed by atoms with van der Waals surface area (Å²) in [6.45, 7) is 0.167. The van der Waals surface area contributed by atoms with Crippen LogP contribution >= 0.6 is 0 Å². The summed E-state index contributed by atoms with van der Waals surface area (Å²) in [6.07, 6.45) is 1.28. The molecule has 3 rings (SSSR count). The largest absolute Gasteiger partial charge is 0.488 e. The molecule has 23 heavy (non-hydrogen) atoms. The number of hydrogen-bond donors (Lipinski definition) is 2. The quantitative estimate of drug-likeness (QED) is 0.735. The topological polar surface area (TPSA) is 62.6 Å². The summed E-state index contributed by atoms with van der Waals surface area (Å²) in [5.41, 5.74) is 2.78. The van der Waals surface area contributed by atoms with E-state index in [1.807, 2.05) is 54.6 Å². The van der Waals surface area contributed by atoms with Gasteiger partial charge in [0.05, 0.1) is 18.2 Å². The minimum Gasteiger partial charge on any atom is -0.488 e. The van der Waals surface area contributed by atoms with Crippen LogP contribution in [0.4, 0.5) is 0 Å². The first-order valence-corrected chi connectivity index (χ1v) is 7.60. The van der Waals surface area contributed by atoms with Gasteiger partial charge in [0.2, 0.25) is 0 Å². The molecule has 1 atom stereocenters. The molecule has 0 saturated heterocycles. The van der Waals surface area contributed by atoms with Gasteiger partial charge in [0.25, 0.3) is 0 Å². The zero-order valence-corrected chi connectivity index (χ0v) is 12.7. The van der Waals surface area contributed by atoms with Crippen LogP contribution in [-0.4, -0.2) is 27.9 Å². The Labute approximate surface area is 135 Å². The summed E-state index contributed by atoms with van der Waals surface area (Å²) in [6, 6.07) is 17.5. The molecule has 0 aliphatic rings. The number of ether oxygens (including phenoxy) is 1. The number of aromatic nitrogens is 1. The monoisotopic (exact) mass is 309 g/mol. The molecule has 0 fully saturated rings. The van der Waals surface area contributed by atoms with Gasteiger partial charge in [-0.15, -0.1) is 0 Å². The lowest BCUT2D eigenvalue weighted by Crippen LogP contribution is -2.16. The van der Waals surface area contributed by atoms with Gasteiger partial charge >= 0.3 is 0 Å². The molecular formula is C19H19NO3. The van der Waals surface area contributed by atoms with Crippen LogP contribution in [0.25, 0.3) is 10.9 Å². The molecule has 0 amide bonds. The second kappa shape index (κ2) is 7.22. The minimum atomic E-state index is -0.803. The van der Waals surface area contributed by atoms with Crippen LogP contribution in [0.5, 0.6) is 5.75 Å². The molecule has 4 nitrogen and oxygen atoms in total. The SMILES string of the molecule is OCC(O)Cc1ccc2ncccc2c1OCc1ccccc1. The van der Waals surface area contributed by atoms with E-state index >= 15 is 0 Å². The van der Waals surface area contributed by atoms with Crippen molar-refractivity contribution in [2.24, 2.45) is 0 Å². The molecule has 2 N–H and O–H groups in total. The van der Waals surface area contributed by atoms with Crippen molar-refractivity contribution >= 4 is 10.9 Å². The van der Waals surface area contributed by atoms with Crippen LogP contribution < -0.4 is 4.74 Å². The lowest BCUT2D eigenvalue weighted by molar-refractivity contribution is 0.0948. The molecule has 2 aromatic carbocycles. The minimum absolute atomic E-state index is 0.275. The molecule has 4 heteroatoms. The number of pyridine rings is 1. The van der Waals surface area contributed by atoms with E-state index in [4.69, 9.17) is 9.84 Å². The number of benzene rings is 2. The molecule has 1 heterocycles. The van der Waals surface area contributed by atoms with Gasteiger partial charge in [0.15, 0.2) is 0 Å². The molecule has 118 valence electrons. The number of hydrogen-bond acceptors (Lipinski definition) is 4. The Morgan fingerprint density at radius 2 is 1.83 bits per heavy atom. The van der Waals surface area contributed by atoms with Crippen LogP contribution in [0.15, 0.2) is 60.8 Å². The van der Waals surface area contributed by atoms with Crippen molar-refractivity contribution in [3.8, 4) is 5.75 Å². The van der Waals surface area contributed by atoms with Crippen LogP contribution in [0.1, 0.15) is 11.1 Å². The van der Waals surface area contributed by atoms with Crippen molar-refractivity contribution < 1.29 is 14.9 Å². The van der Waals surface area contributed by atoms with Crippen molar-refractivity contribution in [1.82, 2.24) is 4.98 Å². The third kappa shape index (κ3) is 3.67. The summed E-state index contributed by atoms with van der Waals surface area (Å²) < 4.78 is 6.05. The standard InChI is InChI=1S/C19H19NO3/c21-12-16(22)11-15-8-9-18-17(7-4-10-20-18)19(15)23-13-14-5-2-1-3-6-14/h1-10,16,21-22H,11-13H2. The van der Waals surface area contributed by atoms with Gasteiger partial charge in [0, 0.05) is 18.0 Å². The highest BCUT2D eigenvalue weighted by atomic mass is 16.5. The van der Waals surface area contributed by atoms with Gasteiger partial charge < -0.3 is 14.9 Å². The Morgan fingerprint density at radius 1 is 1.00 bits per heavy atom. The maximum absolute atomic E-state index is 9.77. The van der Waals surface area contributed by atoms with E-state index < -0.39 is 6.10 Å². The number of aliphatic hydroxyl groups is 2. The summed E-state index contributed by atoms with van der Waals surface area (Å²) in [7, 11) is 0. The molecule has 0 spiro atoms. The van der Waals surface area contributed by atoms with Crippen molar-refractivity contribution in [1.29, 1.82) is 0 Å². The highest BCUT2D eigenvalue weighted by molar-refractivity contribution is 5.86. The Hall–Kier alpha value is -2.43. The molecule has 0 bridgehead atoms. The normalized spacial score (nSPS) is 12.3. The van der Waals surface area contributed by atoms with Crippen molar-refractivity contribution in [2.45, 2.75) is 19.1 Å². The molecule has 1 unspecified atom stereocenters. The first kappa shape index (κ1) is 15.5. The lowest BCUT2D eigenvalue weighted by Gasteiger charge is -2.16. The smallest absolute Gasteiger partial charge is 0.132 e. The van der Waals surface area contributed by atoms with Crippen LogP contribution in [0.3, 0.4) is 0 Å². The fourth-order valence-corrected chi connectivity index (χ4v) is 2.55. The number of fused-ring (bicyclic) bond motifs is 1. The Kier molecular flexibility index (Phi) is 4.86. The third-order valence-electron chi connectivity index (χ3n) is 3.71. The van der Waals surface area contributed by atoms with Crippen LogP contribution in [0, 0.1) is 0 Å². The van der Waals surface area contributed by atoms with Gasteiger partial charge in [0.1, 0.15) is 12.4 Å². The predicted molar refractivity (Wildman–Crippen MR) is 89.3 cm³/mol. The molecule has 3 aromatic rings. The van der Waals surface area contributed by atoms with Crippen molar-refractivity contribution in [2.75, 3.05) is 6.61 Å². The second-order valence-corrected chi connectivity index (χ2v) is 5.44. The highest BCUT2D eigenvalue weighted by Gasteiger charge is 2.13. The van der Waals surface area contributed by atoms with E-state index in [2.05, 4.69) is 4.98 Å². The third-order valence-corrected chi connectivity index (χ3v) is 3.71. The Balaban J connectivity index is 1.95. The Morgan fingerprint density at radius 3 is 2.61 bits per heavy atom. The molecule has 1 aromatic heterocycles. The van der Waals surface area contributed by atoms with Gasteiger partial charge in [-0.3, -0.25) is 4.98 Å². The van der Waals surface area contributed by atoms with Gasteiger partial charge in [-0.05, 0) is 29.3 Å². The fraction of sp³-hybridized carbons (Fsp3) is 0.211. The molecule has 0 saturated carbocycles. The predicted octanol–water partition coefficient (Wildman–Crippen LogP) is 2.71. The van der Waals surface area contributed by atoms with E-state index in [1.54, 1.807) is 6.20 Å². The lowest BCUT2D eigenvalue weighted by atomic mass is 10.0. The number of aliphatic hydroxyl groups excluding tert-OH is 2. The molecule has 0 radical (unpaired) electrons. The number of rotatable bonds is 6. The van der Waals surface area contributed by atoms with Gasteiger partial charge in [-0.2, -0.15) is 0 Å². The maximum atomic E-state index is 9.77. The zero-order chi connectivity index (χ0) is 16.1. The molecule has 0 aliphatic heterocycles. The summed E-state index contributed by atoms with van der Waals surface area (Å²) in [5, 5.41) is 19.8. The maximum Gasteiger partial charge on any atom is 0.132 e. The first-order valence-electron chi connectivity index (χ1n) is 7.60. The second-order valence-electron chi connectivity index (χ2n) is 5.44. The van der Waals surface area contributed by atoms with E-state index in [0.29, 0.717) is 18.8 Å². The summed E-state index contributed by atoms with van der Waals surface area (Å²) >= 11 is 0. The van der Waals surface area contributed by atoms with Crippen molar-refractivity contribution in [3.05, 3.63) is 71.9 Å². The first-order chi connectivity index (χ1) is 11.3. The zero-order valence-electron chi connectivity index (χ0n) is 12.7. The van der Waals surface area contributed by atoms with Gasteiger partial charge in [-0.1, -0.05) is 36.4 Å². The van der Waals surface area contributed by atoms with Crippen molar-refractivity contribution in [3.63, 3.8) is 0 Å². The molecule has 0 aliphatic carbocycles. The van der Waals surface area contributed by atoms with E-state index in [9.17, 15) is 5.11 Å². The van der Waals surface area contributed by atoms with E-state index in [-0.39, 0.29) is 6.61 Å². The average molecular weight is 309 g/mol. The van der Waals surface area contributed by atoms with Crippen LogP contribution in [0.2, 0.25) is 0 Å². The van der Waals surface area contributed by atoms with E-state index in [0.717, 1.165) is 22.0 Å². The number of nitrogens with zero attached hydrogens (tertiary/aromatic N) is 1. The van der Waals surface area contributed by atoms with Gasteiger partial charge in [-0.25, -0.2) is 0 Å². The highest BCUT2D eigenvalue weighted by Crippen LogP contribution is 2.30.